The summed E-state index contributed by atoms with van der Waals surface area (Å²) in [6.07, 6.45) is 2.56. The van der Waals surface area contributed by atoms with Crippen LogP contribution in [-0.2, 0) is 4.79 Å². The third-order valence-corrected chi connectivity index (χ3v) is 5.04. The Morgan fingerprint density at radius 1 is 1.55 bits per heavy atom. The first-order valence-corrected chi connectivity index (χ1v) is 7.74. The van der Waals surface area contributed by atoms with Crippen LogP contribution in [0.25, 0.3) is 0 Å². The fraction of sp³-hybridized carbons (Fsp3) is 0.529. The van der Waals surface area contributed by atoms with Crippen LogP contribution in [0.1, 0.15) is 29.7 Å². The quantitative estimate of drug-likeness (QED) is 0.803. The minimum Gasteiger partial charge on any atom is -0.456 e. The summed E-state index contributed by atoms with van der Waals surface area (Å²) in [5, 5.41) is 0. The van der Waals surface area contributed by atoms with Gasteiger partial charge in [0, 0.05) is 26.2 Å². The smallest absolute Gasteiger partial charge is 0.289 e. The van der Waals surface area contributed by atoms with Gasteiger partial charge in [0.1, 0.15) is 5.76 Å². The average molecular weight is 302 g/mol. The summed E-state index contributed by atoms with van der Waals surface area (Å²) in [5.74, 6) is 1.28. The molecule has 3 rings (SSSR count). The second-order valence-electron chi connectivity index (χ2n) is 6.44. The van der Waals surface area contributed by atoms with E-state index in [9.17, 15) is 9.59 Å². The molecule has 0 unspecified atom stereocenters. The van der Waals surface area contributed by atoms with Crippen molar-refractivity contribution < 1.29 is 14.0 Å². The van der Waals surface area contributed by atoms with Crippen molar-refractivity contribution >= 4 is 11.8 Å². The lowest BCUT2D eigenvalue weighted by Crippen LogP contribution is -2.40. The number of carbonyl (C=O) groups is 2. The van der Waals surface area contributed by atoms with Crippen LogP contribution in [0.3, 0.4) is 0 Å². The number of likely N-dealkylation sites (tertiary alicyclic amines) is 2. The maximum absolute atomic E-state index is 12.8. The van der Waals surface area contributed by atoms with Crippen molar-refractivity contribution in [3.05, 3.63) is 36.3 Å². The Kier molecular flexibility index (Phi) is 3.59. The van der Waals surface area contributed by atoms with Gasteiger partial charge in [-0.1, -0.05) is 13.0 Å². The third-order valence-electron chi connectivity index (χ3n) is 5.04. The van der Waals surface area contributed by atoms with Crippen LogP contribution in [0, 0.1) is 18.3 Å². The molecule has 5 heteroatoms. The van der Waals surface area contributed by atoms with Crippen LogP contribution in [-0.4, -0.2) is 47.8 Å². The molecule has 0 aliphatic carbocycles. The van der Waals surface area contributed by atoms with Crippen LogP contribution >= 0.6 is 0 Å². The highest BCUT2D eigenvalue weighted by Gasteiger charge is 2.55. The molecule has 1 aromatic rings. The molecule has 2 fully saturated rings. The Balaban J connectivity index is 1.79. The van der Waals surface area contributed by atoms with Gasteiger partial charge in [0.2, 0.25) is 5.91 Å². The van der Waals surface area contributed by atoms with Gasteiger partial charge in [-0.3, -0.25) is 9.59 Å². The normalized spacial score (nSPS) is 27.9. The van der Waals surface area contributed by atoms with Gasteiger partial charge >= 0.3 is 0 Å². The van der Waals surface area contributed by atoms with E-state index in [1.165, 1.54) is 0 Å². The van der Waals surface area contributed by atoms with Gasteiger partial charge in [0.05, 0.1) is 5.41 Å². The molecule has 0 bridgehead atoms. The van der Waals surface area contributed by atoms with E-state index in [1.807, 2.05) is 11.8 Å². The third kappa shape index (κ3) is 2.16. The Morgan fingerprint density at radius 2 is 2.32 bits per heavy atom. The number of amides is 2. The molecular formula is C17H22N2O3. The molecule has 1 aromatic heterocycles. The summed E-state index contributed by atoms with van der Waals surface area (Å²) in [7, 11) is 0. The van der Waals surface area contributed by atoms with E-state index >= 15 is 0 Å². The maximum atomic E-state index is 12.8. The number of hydrogen-bond acceptors (Lipinski definition) is 3. The first kappa shape index (κ1) is 14.9. The highest BCUT2D eigenvalue weighted by atomic mass is 16.3. The van der Waals surface area contributed by atoms with Crippen LogP contribution in [0.4, 0.5) is 0 Å². The van der Waals surface area contributed by atoms with Crippen molar-refractivity contribution in [1.82, 2.24) is 9.80 Å². The van der Waals surface area contributed by atoms with Crippen molar-refractivity contribution in [3.8, 4) is 0 Å². The summed E-state index contributed by atoms with van der Waals surface area (Å²) in [6.45, 7) is 10.0. The maximum Gasteiger partial charge on any atom is 0.289 e. The molecule has 0 radical (unpaired) electrons. The lowest BCUT2D eigenvalue weighted by atomic mass is 9.78. The zero-order valence-corrected chi connectivity index (χ0v) is 13.2. The van der Waals surface area contributed by atoms with Crippen LogP contribution in [0.5, 0.6) is 0 Å². The minimum atomic E-state index is -0.430. The molecule has 118 valence electrons. The fourth-order valence-electron chi connectivity index (χ4n) is 3.72. The van der Waals surface area contributed by atoms with Crippen molar-refractivity contribution in [2.24, 2.45) is 11.3 Å². The number of carbonyl (C=O) groups excluding carboxylic acids is 2. The van der Waals surface area contributed by atoms with Gasteiger partial charge in [-0.25, -0.2) is 0 Å². The second-order valence-corrected chi connectivity index (χ2v) is 6.44. The monoisotopic (exact) mass is 302 g/mol. The summed E-state index contributed by atoms with van der Waals surface area (Å²) in [6, 6.07) is 3.49. The van der Waals surface area contributed by atoms with Crippen LogP contribution < -0.4 is 0 Å². The van der Waals surface area contributed by atoms with Crippen LogP contribution in [0.15, 0.2) is 29.2 Å². The zero-order valence-electron chi connectivity index (χ0n) is 13.2. The SMILES string of the molecule is C=CCN1CC[C@]2(CN(C(=O)c3ccc(C)o3)C[C@H]2C)C1=O. The highest BCUT2D eigenvalue weighted by Crippen LogP contribution is 2.45. The van der Waals surface area contributed by atoms with Gasteiger partial charge in [-0.15, -0.1) is 6.58 Å². The molecule has 1 spiro atoms. The first-order chi connectivity index (χ1) is 10.5. The lowest BCUT2D eigenvalue weighted by Gasteiger charge is -2.26. The zero-order chi connectivity index (χ0) is 15.9. The topological polar surface area (TPSA) is 53.8 Å². The molecule has 0 saturated carbocycles. The van der Waals surface area contributed by atoms with Gasteiger partial charge in [-0.2, -0.15) is 0 Å². The van der Waals surface area contributed by atoms with Gasteiger partial charge in [-0.05, 0) is 31.4 Å². The summed E-state index contributed by atoms with van der Waals surface area (Å²) >= 11 is 0. The Bertz CT molecular complexity index is 621. The standard InChI is InChI=1S/C17H22N2O3/c1-4-8-18-9-7-17(16(18)21)11-19(10-12(17)2)15(20)14-6-5-13(3)22-14/h4-6,12H,1,7-11H2,2-3H3/t12-,17-/m1/s1. The Labute approximate surface area is 130 Å². The first-order valence-electron chi connectivity index (χ1n) is 7.74. The minimum absolute atomic E-state index is 0.119. The lowest BCUT2D eigenvalue weighted by molar-refractivity contribution is -0.136. The molecule has 2 saturated heterocycles. The molecule has 22 heavy (non-hydrogen) atoms. The molecule has 0 aromatic carbocycles. The molecule has 2 amide bonds. The van der Waals surface area contributed by atoms with E-state index in [4.69, 9.17) is 4.42 Å². The number of rotatable bonds is 3. The van der Waals surface area contributed by atoms with E-state index in [2.05, 4.69) is 13.5 Å². The summed E-state index contributed by atoms with van der Waals surface area (Å²) in [5.41, 5.74) is -0.430. The number of nitrogens with zero attached hydrogens (tertiary/aromatic N) is 2. The molecule has 3 heterocycles. The van der Waals surface area contributed by atoms with Crippen molar-refractivity contribution in [3.63, 3.8) is 0 Å². The van der Waals surface area contributed by atoms with Crippen LogP contribution in [0.2, 0.25) is 0 Å². The predicted octanol–water partition coefficient (Wildman–Crippen LogP) is 2.08. The van der Waals surface area contributed by atoms with Crippen molar-refractivity contribution in [2.45, 2.75) is 20.3 Å². The van der Waals surface area contributed by atoms with E-state index < -0.39 is 5.41 Å². The molecular weight excluding hydrogens is 280 g/mol. The Morgan fingerprint density at radius 3 is 2.95 bits per heavy atom. The van der Waals surface area contributed by atoms with Crippen molar-refractivity contribution in [2.75, 3.05) is 26.2 Å². The van der Waals surface area contributed by atoms with E-state index in [0.717, 1.165) is 18.7 Å². The molecule has 2 aliphatic heterocycles. The molecule has 0 N–H and O–H groups in total. The average Bonchev–Trinajstić information content (AvgIpc) is 3.14. The van der Waals surface area contributed by atoms with Crippen molar-refractivity contribution in [1.29, 1.82) is 0 Å². The van der Waals surface area contributed by atoms with Gasteiger partial charge in [0.25, 0.3) is 5.91 Å². The van der Waals surface area contributed by atoms with Gasteiger partial charge < -0.3 is 14.2 Å². The van der Waals surface area contributed by atoms with E-state index in [-0.39, 0.29) is 17.7 Å². The highest BCUT2D eigenvalue weighted by molar-refractivity contribution is 5.93. The number of aryl methyl sites for hydroxylation is 1. The molecule has 5 nitrogen and oxygen atoms in total. The predicted molar refractivity (Wildman–Crippen MR) is 82.3 cm³/mol. The summed E-state index contributed by atoms with van der Waals surface area (Å²) < 4.78 is 5.43. The molecule has 2 aliphatic rings. The Hall–Kier alpha value is -2.04. The van der Waals surface area contributed by atoms with E-state index in [1.54, 1.807) is 23.1 Å². The number of furan rings is 1. The van der Waals surface area contributed by atoms with Gasteiger partial charge in [0.15, 0.2) is 5.76 Å². The second kappa shape index (κ2) is 5.30. The van der Waals surface area contributed by atoms with E-state index in [0.29, 0.717) is 25.4 Å². The number of hydrogen-bond donors (Lipinski definition) is 0. The summed E-state index contributed by atoms with van der Waals surface area (Å²) in [4.78, 5) is 28.9. The molecule has 2 atom stereocenters. The largest absolute Gasteiger partial charge is 0.456 e. The fourth-order valence-corrected chi connectivity index (χ4v) is 3.72.